The molecule has 1 heterocycles. The van der Waals surface area contributed by atoms with Gasteiger partial charge in [-0.15, -0.1) is 0 Å². The average molecular weight is 569 g/mol. The Kier molecular flexibility index (Phi) is 9.23. The van der Waals surface area contributed by atoms with Crippen LogP contribution in [0.3, 0.4) is 0 Å². The van der Waals surface area contributed by atoms with Gasteiger partial charge in [-0.3, -0.25) is 0 Å². The number of hydrogen-bond acceptors (Lipinski definition) is 5. The molecular weight excluding hydrogens is 537 g/mol. The van der Waals surface area contributed by atoms with Gasteiger partial charge in [0.15, 0.2) is 0 Å². The Bertz CT molecular complexity index is 1410. The Morgan fingerprint density at radius 1 is 1.08 bits per heavy atom. The molecule has 4 rings (SSSR count). The number of phenolic OH excluding ortho intramolecular Hbond substituents is 1. The Labute approximate surface area is 218 Å². The van der Waals surface area contributed by atoms with E-state index in [9.17, 15) is 21.8 Å². The molecule has 0 aliphatic rings. The van der Waals surface area contributed by atoms with Crippen molar-refractivity contribution in [3.63, 3.8) is 0 Å². The van der Waals surface area contributed by atoms with E-state index < -0.39 is 14.2 Å². The van der Waals surface area contributed by atoms with Crippen LogP contribution in [-0.2, 0) is 21.5 Å². The smallest absolute Gasteiger partial charge is 0.0456 e. The summed E-state index contributed by atoms with van der Waals surface area (Å²) in [5.74, 6) is -0.0577. The molecule has 3 aromatic carbocycles. The first-order valence-electron chi connectivity index (χ1n) is 11.6. The fourth-order valence-electron chi connectivity index (χ4n) is 3.93. The second-order valence-corrected chi connectivity index (χ2v) is 12.0. The molecule has 196 valence electrons. The zero-order valence-corrected chi connectivity index (χ0v) is 22.8. The molecule has 0 aliphatic heterocycles. The molecule has 0 saturated carbocycles. The fourth-order valence-corrected chi connectivity index (χ4v) is 5.10. The third-order valence-corrected chi connectivity index (χ3v) is 7.70. The van der Waals surface area contributed by atoms with E-state index in [0.717, 1.165) is 18.6 Å². The molecule has 4 aromatic rings. The van der Waals surface area contributed by atoms with Crippen molar-refractivity contribution in [3.8, 4) is 11.5 Å². The van der Waals surface area contributed by atoms with E-state index in [1.54, 1.807) is 24.3 Å². The number of carbonyl (C=O) groups excluding carboxylic acids is 1. The molecule has 0 saturated heterocycles. The number of nitrogens with zero attached hydrogens (tertiary/aromatic N) is 1. The van der Waals surface area contributed by atoms with Crippen molar-refractivity contribution in [1.82, 2.24) is 4.98 Å². The monoisotopic (exact) mass is 569 g/mol. The maximum Gasteiger partial charge on any atom is 0.0456 e. The van der Waals surface area contributed by atoms with Crippen LogP contribution in [0.25, 0.3) is 10.9 Å². The second-order valence-electron chi connectivity index (χ2n) is 8.67. The zero-order valence-electron chi connectivity index (χ0n) is 21.0. The first-order valence-corrected chi connectivity index (χ1v) is 15.0. The van der Waals surface area contributed by atoms with E-state index in [4.69, 9.17) is 10.5 Å². The number of aromatic amines is 1. The maximum absolute atomic E-state index is 12.0. The van der Waals surface area contributed by atoms with Gasteiger partial charge in [0.05, 0.1) is 0 Å². The quantitative estimate of drug-likeness (QED) is 0.215. The number of anilines is 1. The standard InChI is InChI=1S/C16H18AsNO6.C11H14N2/c1-11(19)18(10-12-5-3-4-6-16(12)24-2)14-9-13(17(21,22)23)7-8-15(14)20;1-8(12)6-9-7-13-11-5-3-2-4-10(9)11/h3-9,20H,10H2,1-2H3,(H2,21,22,23);2-5,7-8,13H,6,12H2,1H3/t;8-/m.1/s1. The number of rotatable bonds is 7. The molecule has 0 fully saturated rings. The second kappa shape index (κ2) is 12.2. The molecule has 0 radical (unpaired) electrons. The number of aromatic nitrogens is 1. The van der Waals surface area contributed by atoms with Gasteiger partial charge in [0.1, 0.15) is 0 Å². The minimum absolute atomic E-state index is 0.0376. The van der Waals surface area contributed by atoms with Crippen LogP contribution in [0.15, 0.2) is 72.9 Å². The molecule has 1 amide bonds. The van der Waals surface area contributed by atoms with Gasteiger partial charge < -0.3 is 10.7 Å². The predicted octanol–water partition coefficient (Wildman–Crippen LogP) is 2.57. The van der Waals surface area contributed by atoms with E-state index in [-0.39, 0.29) is 34.3 Å². The van der Waals surface area contributed by atoms with E-state index in [0.29, 0.717) is 11.3 Å². The van der Waals surface area contributed by atoms with Crippen LogP contribution in [0, 0.1) is 0 Å². The number of H-pyrrole nitrogens is 1. The molecule has 0 aliphatic carbocycles. The number of benzene rings is 3. The van der Waals surface area contributed by atoms with Crippen molar-refractivity contribution in [3.05, 3.63) is 84.1 Å². The molecule has 6 N–H and O–H groups in total. The molecule has 0 bridgehead atoms. The number of amides is 1. The predicted molar refractivity (Wildman–Crippen MR) is 144 cm³/mol. The van der Waals surface area contributed by atoms with Crippen LogP contribution in [0.1, 0.15) is 25.0 Å². The average Bonchev–Trinajstić information content (AvgIpc) is 3.25. The molecule has 9 nitrogen and oxygen atoms in total. The Balaban J connectivity index is 0.000000244. The minimum atomic E-state index is -5.15. The van der Waals surface area contributed by atoms with Crippen LogP contribution in [0.5, 0.6) is 11.5 Å². The SMILES string of the molecule is COc1ccccc1CN(C(C)=O)c1cc([As](=O)(O)O)ccc1O.C[C@@H](N)Cc1c[nH]c2ccccc12. The molecular formula is C27H32AsN3O6. The summed E-state index contributed by atoms with van der Waals surface area (Å²) in [4.78, 5) is 16.5. The van der Waals surface area contributed by atoms with Crippen molar-refractivity contribution in [1.29, 1.82) is 0 Å². The third-order valence-electron chi connectivity index (χ3n) is 5.70. The number of para-hydroxylation sites is 2. The summed E-state index contributed by atoms with van der Waals surface area (Å²) in [5, 5.41) is 11.3. The summed E-state index contributed by atoms with van der Waals surface area (Å²) < 4.78 is 35.3. The van der Waals surface area contributed by atoms with Crippen LogP contribution in [-0.4, -0.2) is 51.5 Å². The van der Waals surface area contributed by atoms with Crippen LogP contribution in [0.2, 0.25) is 0 Å². The van der Waals surface area contributed by atoms with Gasteiger partial charge in [0.2, 0.25) is 0 Å². The van der Waals surface area contributed by atoms with Crippen LogP contribution in [0.4, 0.5) is 5.69 Å². The number of methoxy groups -OCH3 is 1. The van der Waals surface area contributed by atoms with Gasteiger partial charge >= 0.3 is 142 Å². The van der Waals surface area contributed by atoms with Crippen molar-refractivity contribution < 1.29 is 26.6 Å². The maximum atomic E-state index is 12.0. The number of nitrogens with one attached hydrogen (secondary N) is 1. The summed E-state index contributed by atoms with van der Waals surface area (Å²) in [6, 6.07) is 19.1. The van der Waals surface area contributed by atoms with Gasteiger partial charge in [0.25, 0.3) is 0 Å². The molecule has 10 heteroatoms. The summed E-state index contributed by atoms with van der Waals surface area (Å²) in [6.45, 7) is 3.43. The number of phenols is 1. The van der Waals surface area contributed by atoms with E-state index >= 15 is 0 Å². The number of aromatic hydroxyl groups is 1. The molecule has 37 heavy (non-hydrogen) atoms. The van der Waals surface area contributed by atoms with Gasteiger partial charge in [-0.2, -0.15) is 0 Å². The number of hydrogen-bond donors (Lipinski definition) is 5. The largest absolute Gasteiger partial charge is 0.361 e. The topological polar surface area (TPSA) is 149 Å². The Morgan fingerprint density at radius 2 is 1.76 bits per heavy atom. The summed E-state index contributed by atoms with van der Waals surface area (Å²) in [6.07, 6.45) is 2.98. The normalized spacial score (nSPS) is 11.9. The fraction of sp³-hybridized carbons (Fsp3) is 0.222. The first-order chi connectivity index (χ1) is 17.5. The summed E-state index contributed by atoms with van der Waals surface area (Å²) in [5.41, 5.74) is 9.00. The number of nitrogens with two attached hydrogens (primary N) is 1. The van der Waals surface area contributed by atoms with E-state index in [2.05, 4.69) is 23.2 Å². The Morgan fingerprint density at radius 3 is 2.41 bits per heavy atom. The number of fused-ring (bicyclic) bond motifs is 1. The van der Waals surface area contributed by atoms with Gasteiger partial charge in [-0.1, -0.05) is 18.2 Å². The molecule has 1 aromatic heterocycles. The van der Waals surface area contributed by atoms with Crippen molar-refractivity contribution in [2.24, 2.45) is 5.73 Å². The molecule has 0 spiro atoms. The minimum Gasteiger partial charge on any atom is -0.361 e. The van der Waals surface area contributed by atoms with Gasteiger partial charge in [0, 0.05) is 23.1 Å². The van der Waals surface area contributed by atoms with Gasteiger partial charge in [-0.05, 0) is 25.0 Å². The van der Waals surface area contributed by atoms with Crippen LogP contribution < -0.4 is 19.7 Å². The van der Waals surface area contributed by atoms with Crippen molar-refractivity contribution in [2.45, 2.75) is 32.9 Å². The number of ether oxygens (including phenoxy) is 1. The third kappa shape index (κ3) is 7.27. The van der Waals surface area contributed by atoms with Crippen molar-refractivity contribution in [2.75, 3.05) is 12.0 Å². The van der Waals surface area contributed by atoms with Crippen molar-refractivity contribution >= 4 is 41.0 Å². The summed E-state index contributed by atoms with van der Waals surface area (Å²) >= 11 is -5.15. The van der Waals surface area contributed by atoms with E-state index in [1.165, 1.54) is 41.5 Å². The molecule has 0 unspecified atom stereocenters. The number of carbonyl (C=O) groups is 1. The van der Waals surface area contributed by atoms with Gasteiger partial charge in [-0.25, -0.2) is 0 Å². The summed E-state index contributed by atoms with van der Waals surface area (Å²) in [7, 11) is 1.51. The van der Waals surface area contributed by atoms with E-state index in [1.807, 2.05) is 19.2 Å². The van der Waals surface area contributed by atoms with Crippen LogP contribution >= 0.6 is 0 Å². The first kappa shape index (κ1) is 28.1. The molecule has 1 atom stereocenters. The Hall–Kier alpha value is -3.49. The zero-order chi connectivity index (χ0) is 27.2.